The maximum Gasteiger partial charge on any atom is 0.246 e. The fourth-order valence-corrected chi connectivity index (χ4v) is 17.0. The van der Waals surface area contributed by atoms with Crippen LogP contribution in [0.25, 0.3) is 21.8 Å². The van der Waals surface area contributed by atoms with Crippen molar-refractivity contribution in [2.75, 3.05) is 65.4 Å². The molecule has 702 valence electrons. The number of phenolic OH excluding ortho intramolecular Hbond substituents is 1. The Kier molecular flexibility index (Phi) is 36.8. The van der Waals surface area contributed by atoms with Gasteiger partial charge in [-0.1, -0.05) is 88.1 Å². The summed E-state index contributed by atoms with van der Waals surface area (Å²) >= 11 is 0.771. The molecule has 0 aliphatic carbocycles. The molecule has 3 fully saturated rings. The third-order valence-electron chi connectivity index (χ3n) is 23.4. The van der Waals surface area contributed by atoms with Crippen LogP contribution in [0.3, 0.4) is 0 Å². The fourth-order valence-electron chi connectivity index (χ4n) is 16.1. The van der Waals surface area contributed by atoms with E-state index in [1.165, 1.54) is 64.9 Å². The lowest BCUT2D eigenvalue weighted by atomic mass is 9.90. The molecule has 9 rings (SSSR count). The highest BCUT2D eigenvalue weighted by Crippen LogP contribution is 2.30. The highest BCUT2D eigenvalue weighted by Gasteiger charge is 2.46. The van der Waals surface area contributed by atoms with Crippen molar-refractivity contribution in [3.63, 3.8) is 0 Å². The first-order valence-corrected chi connectivity index (χ1v) is 44.3. The number of carbonyl (C=O) groups excluding carboxylic acids is 18. The summed E-state index contributed by atoms with van der Waals surface area (Å²) in [7, 11) is 3.89. The van der Waals surface area contributed by atoms with E-state index in [9.17, 15) is 68.1 Å². The van der Waals surface area contributed by atoms with Gasteiger partial charge in [-0.3, -0.25) is 86.3 Å². The Morgan fingerprint density at radius 2 is 1.15 bits per heavy atom. The van der Waals surface area contributed by atoms with Crippen molar-refractivity contribution >= 4 is 140 Å². The molecule has 0 saturated carbocycles. The lowest BCUT2D eigenvalue weighted by Crippen LogP contribution is -2.60. The van der Waals surface area contributed by atoms with Crippen LogP contribution in [-0.2, 0) is 112 Å². The molecule has 21 N–H and O–H groups in total. The molecule has 6 aromatic rings. The Morgan fingerprint density at radius 3 is 1.77 bits per heavy atom. The molecule has 3 aromatic heterocycles. The minimum atomic E-state index is -1.87. The van der Waals surface area contributed by atoms with E-state index in [0.29, 0.717) is 64.2 Å². The number of amides is 17. The number of phenols is 1. The van der Waals surface area contributed by atoms with Crippen molar-refractivity contribution in [1.29, 1.82) is 0 Å². The standard InChI is InChI=1S/C87H117N21O21S/c1-7-9-20-66-81(123)95-41-74(116)98-65(78(120)94-40-73(90)115)44-130-45-75(117)97-61(30-48-23-25-53(110)26-24-48)83(125)104(4)47(3)76(118)101-63(36-72(89)114)86(128)107-29-15-22-67(107)82(124)100-60(34-52-39-91-46-96-52)79(121)99-59(27-28-71(88)113)85(127)108-42-54(111)35-69(108)70(112)33-49(31-50-37-92-57-18-13-11-16-55(50)57)77(119)103-64(43-109)80(122)102-62(32-51-38-93-58-19-14-12-17-56(51)58)84(126)106(6)68(21-10-8-2)87(129)105(66)5/h11-14,16-19,23-26,37-39,46-47,49,54,59-69,92-93,109-111H,7-10,15,20-22,27-36,40-45H2,1-6H3,(H2,88,113)(H2,89,114)(H2,90,115)(H,91,96)(H,94,120)(H,95,123)(H,97,117)(H,98,116)(H,99,121)(H,100,124)(H,101,118)(H,102,122)(H,103,119)/t47-,49+,54+,59-,60-,61-,62-,63-,64-,65-,66-,67-,68-,69-/m0/s1. The molecule has 0 radical (unpaired) electrons. The van der Waals surface area contributed by atoms with Crippen LogP contribution in [0.1, 0.15) is 127 Å². The first kappa shape index (κ1) is 100. The first-order chi connectivity index (χ1) is 62.0. The van der Waals surface area contributed by atoms with Gasteiger partial charge in [-0.2, -0.15) is 0 Å². The number of Topliss-reactive ketones (excluding diaryl/α,β-unsaturated/α-hetero) is 1. The second-order valence-electron chi connectivity index (χ2n) is 32.9. The van der Waals surface area contributed by atoms with Gasteiger partial charge in [0.15, 0.2) is 5.78 Å². The quantitative estimate of drug-likeness (QED) is 0.0300. The molecule has 0 spiro atoms. The summed E-state index contributed by atoms with van der Waals surface area (Å²) in [6, 6.07) is 0.759. The van der Waals surface area contributed by atoms with Crippen molar-refractivity contribution < 1.29 is 102 Å². The number of unbranched alkanes of at least 4 members (excludes halogenated alkanes) is 2. The predicted molar refractivity (Wildman–Crippen MR) is 472 cm³/mol. The van der Waals surface area contributed by atoms with Gasteiger partial charge < -0.3 is 120 Å². The fraction of sp³-hybridized carbons (Fsp3) is 0.506. The number of primary amides is 3. The molecule has 42 nitrogen and oxygen atoms in total. The first-order valence-electron chi connectivity index (χ1n) is 43.2. The smallest absolute Gasteiger partial charge is 0.246 e. The number of thioether (sulfide) groups is 1. The van der Waals surface area contributed by atoms with Gasteiger partial charge in [0.2, 0.25) is 100 Å². The van der Waals surface area contributed by atoms with Crippen molar-refractivity contribution in [3.05, 3.63) is 120 Å². The Labute approximate surface area is 753 Å². The highest BCUT2D eigenvalue weighted by atomic mass is 32.2. The zero-order valence-corrected chi connectivity index (χ0v) is 74.1. The molecule has 43 heteroatoms. The molecule has 3 aromatic carbocycles. The number of aliphatic hydroxyl groups excluding tert-OH is 2. The number of fused-ring (bicyclic) bond motifs is 4. The number of rotatable bonds is 23. The Balaban J connectivity index is 1.07. The zero-order valence-electron chi connectivity index (χ0n) is 73.3. The monoisotopic (exact) mass is 1820 g/mol. The average Bonchev–Trinajstić information content (AvgIpc) is 1.57. The number of aromatic nitrogens is 4. The second kappa shape index (κ2) is 47.7. The van der Waals surface area contributed by atoms with Crippen LogP contribution in [0.2, 0.25) is 0 Å². The van der Waals surface area contributed by atoms with Gasteiger partial charge >= 0.3 is 0 Å². The summed E-state index contributed by atoms with van der Waals surface area (Å²) in [5, 5.41) is 57.1. The van der Waals surface area contributed by atoms with E-state index in [4.69, 9.17) is 17.2 Å². The Hall–Kier alpha value is -13.3. The van der Waals surface area contributed by atoms with Gasteiger partial charge in [-0.05, 0) is 86.4 Å². The number of imidazole rings is 1. The number of aromatic hydroxyl groups is 1. The molecular weight excluding hydrogens is 1710 g/mol. The number of carbonyl (C=O) groups is 18. The number of nitrogens with two attached hydrogens (primary N) is 3. The van der Waals surface area contributed by atoms with Crippen LogP contribution in [0.15, 0.2) is 97.7 Å². The third kappa shape index (κ3) is 27.4. The minimum absolute atomic E-state index is 0.0131. The lowest BCUT2D eigenvalue weighted by molar-refractivity contribution is -0.149. The van der Waals surface area contributed by atoms with E-state index >= 15 is 33.6 Å². The van der Waals surface area contributed by atoms with Crippen molar-refractivity contribution in [2.45, 2.75) is 209 Å². The number of aromatic amines is 3. The van der Waals surface area contributed by atoms with Gasteiger partial charge in [-0.25, -0.2) is 4.98 Å². The zero-order chi connectivity index (χ0) is 94.7. The normalized spacial score (nSPS) is 24.7. The SMILES string of the molecule is CCCC[C@H]1C(=O)N(C)[C@@H](CCCC)C(=O)NCC(=O)N[C@H](C(=O)NCC(N)=O)CSCC(=O)N[C@@H](Cc2ccc(O)cc2)C(=O)N(C)[C@@H](C)C(=O)N[C@@H](CC(N)=O)C(=O)N2CCC[C@H]2C(=O)N[C@@H](Cc2c[nH]cn2)C(=O)N[C@@H](CCC(N)=O)C(=O)N2C[C@H](O)C[C@H]2C(=O)C[C@@H](Cc2c[nH]c3ccccc23)C(=O)N[C@@H](CO)C(=O)N[C@@H](Cc2c[nH]c3ccccc23)C(=O)N1C. The largest absolute Gasteiger partial charge is 0.508 e. The number of hydrogen-bond acceptors (Lipinski definition) is 23. The van der Waals surface area contributed by atoms with Gasteiger partial charge in [0.25, 0.3) is 0 Å². The summed E-state index contributed by atoms with van der Waals surface area (Å²) in [4.78, 5) is 278. The van der Waals surface area contributed by atoms with E-state index in [0.717, 1.165) is 36.3 Å². The molecule has 0 unspecified atom stereocenters. The molecule has 3 aliphatic rings. The van der Waals surface area contributed by atoms with Crippen LogP contribution < -0.4 is 65.1 Å². The number of likely N-dealkylation sites (N-methyl/N-ethyl adjacent to an activating group) is 3. The van der Waals surface area contributed by atoms with E-state index in [-0.39, 0.29) is 62.9 Å². The molecule has 3 aliphatic heterocycles. The second-order valence-corrected chi connectivity index (χ2v) is 33.9. The summed E-state index contributed by atoms with van der Waals surface area (Å²) in [5.74, 6) is -19.5. The summed E-state index contributed by atoms with van der Waals surface area (Å²) in [5.41, 5.74) is 19.6. The van der Waals surface area contributed by atoms with Crippen molar-refractivity contribution in [3.8, 4) is 5.75 Å². The van der Waals surface area contributed by atoms with Gasteiger partial charge in [0.05, 0.1) is 56.0 Å². The number of aliphatic hydroxyl groups is 2. The van der Waals surface area contributed by atoms with Gasteiger partial charge in [0, 0.05) is 125 Å². The molecule has 6 heterocycles. The van der Waals surface area contributed by atoms with Gasteiger partial charge in [0.1, 0.15) is 72.2 Å². The van der Waals surface area contributed by atoms with Crippen molar-refractivity contribution in [2.24, 2.45) is 23.1 Å². The highest BCUT2D eigenvalue weighted by molar-refractivity contribution is 8.00. The topological polar surface area (TPSA) is 631 Å². The summed E-state index contributed by atoms with van der Waals surface area (Å²) in [6.45, 7) is 1.66. The maximum absolute atomic E-state index is 15.6. The van der Waals surface area contributed by atoms with Crippen LogP contribution in [0.5, 0.6) is 5.75 Å². The van der Waals surface area contributed by atoms with E-state index in [1.807, 2.05) is 13.8 Å². The molecule has 0 bridgehead atoms. The van der Waals surface area contributed by atoms with E-state index in [1.54, 1.807) is 60.9 Å². The number of ketones is 1. The van der Waals surface area contributed by atoms with Gasteiger partial charge in [-0.15, -0.1) is 11.8 Å². The number of para-hydroxylation sites is 2. The van der Waals surface area contributed by atoms with E-state index < -0.39 is 267 Å². The number of hydrogen-bond donors (Lipinski definition) is 18. The van der Waals surface area contributed by atoms with Crippen LogP contribution >= 0.6 is 11.8 Å². The number of H-pyrrole nitrogens is 3. The summed E-state index contributed by atoms with van der Waals surface area (Å²) < 4.78 is 0. The third-order valence-corrected chi connectivity index (χ3v) is 24.4. The number of nitrogens with one attached hydrogen (secondary N) is 12. The van der Waals surface area contributed by atoms with E-state index in [2.05, 4.69) is 67.8 Å². The molecule has 130 heavy (non-hydrogen) atoms. The average molecular weight is 1830 g/mol. The van der Waals surface area contributed by atoms with Crippen LogP contribution in [0.4, 0.5) is 0 Å². The number of nitrogens with zero attached hydrogens (tertiary/aromatic N) is 6. The van der Waals surface area contributed by atoms with Crippen LogP contribution in [-0.4, -0.2) is 310 Å². The predicted octanol–water partition coefficient (Wildman–Crippen LogP) is -3.25. The molecule has 14 atom stereocenters. The lowest BCUT2D eigenvalue weighted by Gasteiger charge is -2.36. The molecule has 17 amide bonds. The van der Waals surface area contributed by atoms with Crippen molar-refractivity contribution in [1.82, 2.24) is 92.3 Å². The Bertz CT molecular complexity index is 5080. The Morgan fingerprint density at radius 1 is 0.562 bits per heavy atom. The summed E-state index contributed by atoms with van der Waals surface area (Å²) in [6.07, 6.45) is 2.18. The minimum Gasteiger partial charge on any atom is -0.508 e. The molecule has 3 saturated heterocycles. The van der Waals surface area contributed by atoms with Crippen LogP contribution in [0, 0.1) is 5.92 Å². The molecular formula is C87H117N21O21S. The number of benzene rings is 3. The maximum atomic E-state index is 15.6.